The first-order chi connectivity index (χ1) is 7.28. The molecule has 0 saturated carbocycles. The van der Waals surface area contributed by atoms with Crippen LogP contribution in [0, 0.1) is 0 Å². The van der Waals surface area contributed by atoms with E-state index in [0.717, 1.165) is 13.3 Å². The van der Waals surface area contributed by atoms with Crippen LogP contribution in [0.2, 0.25) is 0 Å². The smallest absolute Gasteiger partial charge is 0.337 e. The third kappa shape index (κ3) is 2.70. The molecule has 0 aromatic rings. The summed E-state index contributed by atoms with van der Waals surface area (Å²) in [5.74, 6) is -1.75. The lowest BCUT2D eigenvalue weighted by molar-refractivity contribution is -0.157. The highest BCUT2D eigenvalue weighted by Gasteiger charge is 2.39. The molecule has 0 aliphatic carbocycles. The van der Waals surface area contributed by atoms with Gasteiger partial charge >= 0.3 is 5.97 Å². The van der Waals surface area contributed by atoms with Gasteiger partial charge in [0.1, 0.15) is 5.60 Å². The van der Waals surface area contributed by atoms with Crippen molar-refractivity contribution in [3.05, 3.63) is 0 Å². The number of amides is 1. The molecule has 0 aromatic carbocycles. The lowest BCUT2D eigenvalue weighted by Crippen LogP contribution is -2.52. The van der Waals surface area contributed by atoms with E-state index in [4.69, 9.17) is 9.84 Å². The van der Waals surface area contributed by atoms with Crippen LogP contribution in [0.4, 0.5) is 0 Å². The van der Waals surface area contributed by atoms with Crippen molar-refractivity contribution in [1.29, 1.82) is 0 Å². The summed E-state index contributed by atoms with van der Waals surface area (Å²) >= 11 is 0. The van der Waals surface area contributed by atoms with E-state index < -0.39 is 17.2 Å². The van der Waals surface area contributed by atoms with Crippen LogP contribution >= 0.6 is 0 Å². The number of aliphatic hydroxyl groups is 1. The van der Waals surface area contributed by atoms with Gasteiger partial charge in [0.2, 0.25) is 0 Å². The van der Waals surface area contributed by atoms with Gasteiger partial charge in [-0.2, -0.15) is 0 Å². The van der Waals surface area contributed by atoms with E-state index in [2.05, 4.69) is 5.32 Å². The van der Waals surface area contributed by atoms with Crippen LogP contribution < -0.4 is 5.32 Å². The molecule has 2 atom stereocenters. The molecule has 1 heterocycles. The van der Waals surface area contributed by atoms with Gasteiger partial charge < -0.3 is 20.3 Å². The Bertz CT molecular complexity index is 294. The molecule has 0 spiro atoms. The summed E-state index contributed by atoms with van der Waals surface area (Å²) in [6, 6.07) is 0. The fourth-order valence-electron chi connectivity index (χ4n) is 1.47. The first-order valence-corrected chi connectivity index (χ1v) is 5.16. The van der Waals surface area contributed by atoms with Crippen LogP contribution in [0.15, 0.2) is 0 Å². The minimum atomic E-state index is -1.95. The van der Waals surface area contributed by atoms with Gasteiger partial charge in [0.05, 0.1) is 6.54 Å². The SMILES string of the molecule is CC(O)(CNC(=O)C1(C)CCCO1)C(=O)O. The summed E-state index contributed by atoms with van der Waals surface area (Å²) in [7, 11) is 0. The lowest BCUT2D eigenvalue weighted by atomic mass is 10.0. The molecule has 16 heavy (non-hydrogen) atoms. The van der Waals surface area contributed by atoms with Crippen molar-refractivity contribution in [2.75, 3.05) is 13.2 Å². The first-order valence-electron chi connectivity index (χ1n) is 5.16. The van der Waals surface area contributed by atoms with E-state index in [9.17, 15) is 14.7 Å². The highest BCUT2D eigenvalue weighted by atomic mass is 16.5. The molecule has 0 radical (unpaired) electrons. The van der Waals surface area contributed by atoms with E-state index in [1.54, 1.807) is 6.92 Å². The van der Waals surface area contributed by atoms with Gasteiger partial charge in [-0.3, -0.25) is 4.79 Å². The van der Waals surface area contributed by atoms with Gasteiger partial charge in [0.25, 0.3) is 5.91 Å². The van der Waals surface area contributed by atoms with Gasteiger partial charge in [-0.25, -0.2) is 4.79 Å². The Kier molecular flexibility index (Phi) is 3.54. The highest BCUT2D eigenvalue weighted by molar-refractivity contribution is 5.86. The van der Waals surface area contributed by atoms with Gasteiger partial charge in [-0.15, -0.1) is 0 Å². The highest BCUT2D eigenvalue weighted by Crippen LogP contribution is 2.25. The summed E-state index contributed by atoms with van der Waals surface area (Å²) in [4.78, 5) is 22.3. The predicted molar refractivity (Wildman–Crippen MR) is 54.9 cm³/mol. The molecule has 6 heteroatoms. The van der Waals surface area contributed by atoms with E-state index in [1.807, 2.05) is 0 Å². The fraction of sp³-hybridized carbons (Fsp3) is 0.800. The molecule has 1 aliphatic rings. The van der Waals surface area contributed by atoms with Crippen molar-refractivity contribution in [2.45, 2.75) is 37.9 Å². The normalized spacial score (nSPS) is 28.4. The molecular formula is C10H17NO5. The summed E-state index contributed by atoms with van der Waals surface area (Å²) in [5.41, 5.74) is -2.85. The zero-order valence-corrected chi connectivity index (χ0v) is 9.45. The monoisotopic (exact) mass is 231 g/mol. The lowest BCUT2D eigenvalue weighted by Gasteiger charge is -2.25. The fourth-order valence-corrected chi connectivity index (χ4v) is 1.47. The van der Waals surface area contributed by atoms with Crippen molar-refractivity contribution in [1.82, 2.24) is 5.32 Å². The zero-order valence-electron chi connectivity index (χ0n) is 9.45. The van der Waals surface area contributed by atoms with Crippen molar-refractivity contribution < 1.29 is 24.5 Å². The van der Waals surface area contributed by atoms with Crippen LogP contribution in [0.5, 0.6) is 0 Å². The molecule has 1 rings (SSSR count). The number of rotatable bonds is 4. The maximum absolute atomic E-state index is 11.7. The number of hydrogen-bond acceptors (Lipinski definition) is 4. The van der Waals surface area contributed by atoms with Crippen LogP contribution in [0.25, 0.3) is 0 Å². The topological polar surface area (TPSA) is 95.9 Å². The molecule has 0 aromatic heterocycles. The standard InChI is InChI=1S/C10H17NO5/c1-9(15,8(13)14)6-11-7(12)10(2)4-3-5-16-10/h15H,3-6H2,1-2H3,(H,11,12)(H,13,14). The zero-order chi connectivity index (χ0) is 12.4. The number of aliphatic carboxylic acids is 1. The second-order valence-corrected chi connectivity index (χ2v) is 4.44. The van der Waals surface area contributed by atoms with Crippen LogP contribution in [-0.2, 0) is 14.3 Å². The Morgan fingerprint density at radius 1 is 1.56 bits per heavy atom. The Labute approximate surface area is 93.6 Å². The van der Waals surface area contributed by atoms with E-state index >= 15 is 0 Å². The second kappa shape index (κ2) is 4.39. The maximum Gasteiger partial charge on any atom is 0.337 e. The Morgan fingerprint density at radius 2 is 2.19 bits per heavy atom. The minimum Gasteiger partial charge on any atom is -0.479 e. The summed E-state index contributed by atoms with van der Waals surface area (Å²) in [6.45, 7) is 2.98. The molecule has 3 N–H and O–H groups in total. The third-order valence-electron chi connectivity index (χ3n) is 2.75. The molecule has 2 unspecified atom stereocenters. The van der Waals surface area contributed by atoms with Crippen LogP contribution in [0.1, 0.15) is 26.7 Å². The van der Waals surface area contributed by atoms with Gasteiger partial charge in [-0.05, 0) is 26.7 Å². The van der Waals surface area contributed by atoms with Crippen molar-refractivity contribution in [3.63, 3.8) is 0 Å². The Morgan fingerprint density at radius 3 is 2.62 bits per heavy atom. The number of carboxylic acids is 1. The average molecular weight is 231 g/mol. The number of carbonyl (C=O) groups excluding carboxylic acids is 1. The van der Waals surface area contributed by atoms with Crippen molar-refractivity contribution in [2.24, 2.45) is 0 Å². The summed E-state index contributed by atoms with van der Waals surface area (Å²) in [6.07, 6.45) is 1.41. The first kappa shape index (κ1) is 12.9. The molecule has 92 valence electrons. The molecule has 1 aliphatic heterocycles. The van der Waals surface area contributed by atoms with E-state index in [-0.39, 0.29) is 12.5 Å². The number of carboxylic acid groups (broad SMARTS) is 1. The summed E-state index contributed by atoms with van der Waals surface area (Å²) < 4.78 is 5.29. The minimum absolute atomic E-state index is 0.333. The Balaban J connectivity index is 2.50. The van der Waals surface area contributed by atoms with E-state index in [0.29, 0.717) is 13.0 Å². The predicted octanol–water partition coefficient (Wildman–Crippen LogP) is -0.493. The molecular weight excluding hydrogens is 214 g/mol. The molecule has 6 nitrogen and oxygen atoms in total. The molecule has 1 saturated heterocycles. The number of carbonyl (C=O) groups is 2. The van der Waals surface area contributed by atoms with Crippen LogP contribution in [0.3, 0.4) is 0 Å². The van der Waals surface area contributed by atoms with E-state index in [1.165, 1.54) is 0 Å². The number of ether oxygens (including phenoxy) is 1. The van der Waals surface area contributed by atoms with Gasteiger partial charge in [0.15, 0.2) is 5.60 Å². The van der Waals surface area contributed by atoms with Crippen LogP contribution in [-0.4, -0.2) is 46.4 Å². The largest absolute Gasteiger partial charge is 0.479 e. The molecule has 1 fully saturated rings. The number of hydrogen-bond donors (Lipinski definition) is 3. The van der Waals surface area contributed by atoms with Gasteiger partial charge in [0, 0.05) is 6.61 Å². The third-order valence-corrected chi connectivity index (χ3v) is 2.75. The maximum atomic E-state index is 11.7. The van der Waals surface area contributed by atoms with Crippen molar-refractivity contribution >= 4 is 11.9 Å². The Hall–Kier alpha value is -1.14. The molecule has 1 amide bonds. The van der Waals surface area contributed by atoms with Crippen molar-refractivity contribution in [3.8, 4) is 0 Å². The number of nitrogens with one attached hydrogen (secondary N) is 1. The molecule has 0 bridgehead atoms. The average Bonchev–Trinajstić information content (AvgIpc) is 2.62. The quantitative estimate of drug-likeness (QED) is 0.606. The second-order valence-electron chi connectivity index (χ2n) is 4.44. The van der Waals surface area contributed by atoms with Gasteiger partial charge in [-0.1, -0.05) is 0 Å². The summed E-state index contributed by atoms with van der Waals surface area (Å²) in [5, 5.41) is 20.5.